The number of aliphatic hydroxyl groups excluding tert-OH is 1. The van der Waals surface area contributed by atoms with Crippen LogP contribution in [0.15, 0.2) is 61.2 Å². The maximum Gasteiger partial charge on any atom is 0.125 e. The van der Waals surface area contributed by atoms with Gasteiger partial charge in [-0.15, -0.1) is 0 Å². The highest BCUT2D eigenvalue weighted by atomic mass is 16.5. The van der Waals surface area contributed by atoms with Crippen LogP contribution in [0, 0.1) is 13.8 Å². The Bertz CT molecular complexity index is 1010. The van der Waals surface area contributed by atoms with Crippen LogP contribution < -0.4 is 4.74 Å². The molecule has 0 fully saturated rings. The van der Waals surface area contributed by atoms with Crippen molar-refractivity contribution in [2.24, 2.45) is 0 Å². The van der Waals surface area contributed by atoms with Crippen LogP contribution in [-0.4, -0.2) is 11.7 Å². The third-order valence-electron chi connectivity index (χ3n) is 5.49. The summed E-state index contributed by atoms with van der Waals surface area (Å²) in [5.41, 5.74) is 9.01. The van der Waals surface area contributed by atoms with Crippen LogP contribution in [0.2, 0.25) is 0 Å². The Balaban J connectivity index is 1.98. The van der Waals surface area contributed by atoms with E-state index in [-0.39, 0.29) is 5.76 Å². The van der Waals surface area contributed by atoms with E-state index in [0.717, 1.165) is 65.0 Å². The fraction of sp³-hybridized carbons (Fsp3) is 0.286. The molecule has 3 aromatic carbocycles. The molecule has 0 bridgehead atoms. The molecule has 0 unspecified atom stereocenters. The quantitative estimate of drug-likeness (QED) is 0.398. The molecular weight excluding hydrogens is 368 g/mol. The van der Waals surface area contributed by atoms with Crippen molar-refractivity contribution in [3.05, 3.63) is 94.6 Å². The smallest absolute Gasteiger partial charge is 0.125 e. The van der Waals surface area contributed by atoms with E-state index in [9.17, 15) is 5.11 Å². The second-order valence-corrected chi connectivity index (χ2v) is 7.95. The molecule has 0 aliphatic carbocycles. The minimum atomic E-state index is 0.109. The number of benzene rings is 3. The van der Waals surface area contributed by atoms with Gasteiger partial charge in [-0.25, -0.2) is 0 Å². The lowest BCUT2D eigenvalue weighted by atomic mass is 9.92. The molecule has 0 aromatic heterocycles. The highest BCUT2D eigenvalue weighted by Crippen LogP contribution is 2.32. The third kappa shape index (κ3) is 4.94. The molecule has 0 spiro atoms. The first-order valence-electron chi connectivity index (χ1n) is 10.8. The minimum Gasteiger partial charge on any atom is -0.508 e. The summed E-state index contributed by atoms with van der Waals surface area (Å²) in [7, 11) is 0. The Kier molecular flexibility index (Phi) is 6.99. The Hall–Kier alpha value is -3.00. The van der Waals surface area contributed by atoms with Crippen LogP contribution in [-0.2, 0) is 12.8 Å². The summed E-state index contributed by atoms with van der Waals surface area (Å²) < 4.78 is 5.94. The lowest BCUT2D eigenvalue weighted by Gasteiger charge is -2.16. The highest BCUT2D eigenvalue weighted by Gasteiger charge is 2.12. The molecule has 2 nitrogen and oxygen atoms in total. The van der Waals surface area contributed by atoms with Gasteiger partial charge in [-0.3, -0.25) is 0 Å². The molecule has 0 aliphatic rings. The van der Waals surface area contributed by atoms with E-state index in [0.29, 0.717) is 0 Å². The van der Waals surface area contributed by atoms with Crippen LogP contribution in [0.3, 0.4) is 0 Å². The summed E-state index contributed by atoms with van der Waals surface area (Å²) in [5, 5.41) is 10.1. The van der Waals surface area contributed by atoms with Crippen molar-refractivity contribution >= 4 is 5.76 Å². The van der Waals surface area contributed by atoms with Gasteiger partial charge in [-0.05, 0) is 84.2 Å². The van der Waals surface area contributed by atoms with E-state index < -0.39 is 0 Å². The number of hydrogen-bond acceptors (Lipinski definition) is 2. The van der Waals surface area contributed by atoms with Crippen LogP contribution in [0.25, 0.3) is 16.9 Å². The molecule has 1 N–H and O–H groups in total. The Labute approximate surface area is 180 Å². The van der Waals surface area contributed by atoms with E-state index in [2.05, 4.69) is 82.8 Å². The van der Waals surface area contributed by atoms with Gasteiger partial charge >= 0.3 is 0 Å². The molecule has 2 heteroatoms. The fourth-order valence-corrected chi connectivity index (χ4v) is 3.86. The monoisotopic (exact) mass is 400 g/mol. The molecule has 3 rings (SSSR count). The second kappa shape index (κ2) is 9.67. The van der Waals surface area contributed by atoms with Crippen LogP contribution >= 0.6 is 0 Å². The van der Waals surface area contributed by atoms with Gasteiger partial charge < -0.3 is 9.84 Å². The average molecular weight is 401 g/mol. The lowest BCUT2D eigenvalue weighted by molar-refractivity contribution is 0.313. The second-order valence-electron chi connectivity index (χ2n) is 7.95. The number of aryl methyl sites for hydroxylation is 3. The fourth-order valence-electron chi connectivity index (χ4n) is 3.86. The molecule has 0 saturated heterocycles. The summed E-state index contributed by atoms with van der Waals surface area (Å²) in [6, 6.07) is 19.3. The maximum atomic E-state index is 10.1. The topological polar surface area (TPSA) is 29.5 Å². The third-order valence-corrected chi connectivity index (χ3v) is 5.49. The SMILES string of the molecule is C=C(O)c1ccc(-c2cc(C)c(OCCC)c(C)c2)cc1Cc1ccc(CC)cc1. The van der Waals surface area contributed by atoms with Crippen molar-refractivity contribution in [3.8, 4) is 16.9 Å². The summed E-state index contributed by atoms with van der Waals surface area (Å²) >= 11 is 0. The van der Waals surface area contributed by atoms with E-state index in [1.165, 1.54) is 11.1 Å². The summed E-state index contributed by atoms with van der Waals surface area (Å²) in [4.78, 5) is 0. The van der Waals surface area contributed by atoms with Gasteiger partial charge in [-0.2, -0.15) is 0 Å². The number of aliphatic hydroxyl groups is 1. The first-order chi connectivity index (χ1) is 14.4. The molecule has 0 radical (unpaired) electrons. The number of hydrogen-bond donors (Lipinski definition) is 1. The van der Waals surface area contributed by atoms with E-state index in [4.69, 9.17) is 4.74 Å². The van der Waals surface area contributed by atoms with Crippen molar-refractivity contribution in [1.29, 1.82) is 0 Å². The summed E-state index contributed by atoms with van der Waals surface area (Å²) in [6.45, 7) is 13.0. The first kappa shape index (κ1) is 21.7. The van der Waals surface area contributed by atoms with E-state index in [1.807, 2.05) is 6.07 Å². The first-order valence-corrected chi connectivity index (χ1v) is 10.8. The van der Waals surface area contributed by atoms with Crippen molar-refractivity contribution in [1.82, 2.24) is 0 Å². The van der Waals surface area contributed by atoms with Crippen LogP contribution in [0.5, 0.6) is 5.75 Å². The molecule has 0 amide bonds. The Morgan fingerprint density at radius 1 is 0.867 bits per heavy atom. The highest BCUT2D eigenvalue weighted by molar-refractivity contribution is 5.72. The van der Waals surface area contributed by atoms with Gasteiger partial charge in [0.15, 0.2) is 0 Å². The van der Waals surface area contributed by atoms with E-state index >= 15 is 0 Å². The van der Waals surface area contributed by atoms with E-state index in [1.54, 1.807) is 0 Å². The van der Waals surface area contributed by atoms with Gasteiger partial charge in [0.25, 0.3) is 0 Å². The maximum absolute atomic E-state index is 10.1. The lowest BCUT2D eigenvalue weighted by Crippen LogP contribution is -2.00. The molecule has 30 heavy (non-hydrogen) atoms. The van der Waals surface area contributed by atoms with Gasteiger partial charge in [-0.1, -0.05) is 62.9 Å². The predicted molar refractivity (Wildman–Crippen MR) is 127 cm³/mol. The zero-order valence-electron chi connectivity index (χ0n) is 18.6. The van der Waals surface area contributed by atoms with Gasteiger partial charge in [0, 0.05) is 5.56 Å². The van der Waals surface area contributed by atoms with Gasteiger partial charge in [0.2, 0.25) is 0 Å². The molecule has 0 atom stereocenters. The van der Waals surface area contributed by atoms with Crippen LogP contribution in [0.1, 0.15) is 53.6 Å². The molecule has 0 aliphatic heterocycles. The zero-order valence-corrected chi connectivity index (χ0v) is 18.6. The summed E-state index contributed by atoms with van der Waals surface area (Å²) in [5.74, 6) is 1.09. The average Bonchev–Trinajstić information content (AvgIpc) is 2.73. The summed E-state index contributed by atoms with van der Waals surface area (Å²) in [6.07, 6.45) is 2.78. The van der Waals surface area contributed by atoms with Gasteiger partial charge in [0.1, 0.15) is 11.5 Å². The van der Waals surface area contributed by atoms with Crippen LogP contribution in [0.4, 0.5) is 0 Å². The number of ether oxygens (including phenoxy) is 1. The molecule has 3 aromatic rings. The predicted octanol–water partition coefficient (Wildman–Crippen LogP) is 7.44. The Morgan fingerprint density at radius 2 is 1.50 bits per heavy atom. The molecular formula is C28H32O2. The largest absolute Gasteiger partial charge is 0.508 e. The standard InChI is InChI=1S/C28H32O2/c1-6-14-30-28-19(3)15-25(16-20(28)4)24-12-13-27(21(5)29)26(18-24)17-23-10-8-22(7-2)9-11-23/h8-13,15-16,18,29H,5-7,14,17H2,1-4H3. The minimum absolute atomic E-state index is 0.109. The van der Waals surface area contributed by atoms with Crippen molar-refractivity contribution in [2.45, 2.75) is 47.0 Å². The van der Waals surface area contributed by atoms with Gasteiger partial charge in [0.05, 0.1) is 6.61 Å². The molecule has 0 saturated carbocycles. The number of rotatable bonds is 8. The molecule has 0 heterocycles. The molecule has 156 valence electrons. The zero-order chi connectivity index (χ0) is 21.7. The van der Waals surface area contributed by atoms with Crippen molar-refractivity contribution in [2.75, 3.05) is 6.61 Å². The normalized spacial score (nSPS) is 10.8. The van der Waals surface area contributed by atoms with Crippen molar-refractivity contribution < 1.29 is 9.84 Å². The van der Waals surface area contributed by atoms with Crippen molar-refractivity contribution in [3.63, 3.8) is 0 Å². The Morgan fingerprint density at radius 3 is 2.07 bits per heavy atom.